The van der Waals surface area contributed by atoms with E-state index >= 15 is 0 Å². The maximum atomic E-state index is 6.00. The van der Waals surface area contributed by atoms with Crippen molar-refractivity contribution in [1.82, 2.24) is 20.0 Å². The van der Waals surface area contributed by atoms with Crippen molar-refractivity contribution in [1.29, 1.82) is 0 Å². The van der Waals surface area contributed by atoms with Gasteiger partial charge in [0.15, 0.2) is 0 Å². The lowest BCUT2D eigenvalue weighted by Gasteiger charge is -2.04. The summed E-state index contributed by atoms with van der Waals surface area (Å²) in [5, 5.41) is 8.18. The largest absolute Gasteiger partial charge is 0.323 e. The molecular formula is C12H17N5. The Bertz CT molecular complexity index is 491. The van der Waals surface area contributed by atoms with Crippen molar-refractivity contribution < 1.29 is 0 Å². The van der Waals surface area contributed by atoms with Crippen molar-refractivity contribution in [2.24, 2.45) is 5.73 Å². The van der Waals surface area contributed by atoms with Gasteiger partial charge in [0.2, 0.25) is 0 Å². The smallest absolute Gasteiger partial charge is 0.0998 e. The van der Waals surface area contributed by atoms with Crippen LogP contribution in [-0.2, 0) is 0 Å². The number of nitrogens with zero attached hydrogens (tertiary/aromatic N) is 4. The van der Waals surface area contributed by atoms with Crippen LogP contribution in [0.3, 0.4) is 0 Å². The number of aryl methyl sites for hydroxylation is 1. The number of hydrogen-bond acceptors (Lipinski definition) is 4. The van der Waals surface area contributed by atoms with E-state index in [1.54, 1.807) is 10.9 Å². The lowest BCUT2D eigenvalue weighted by atomic mass is 10.1. The highest BCUT2D eigenvalue weighted by molar-refractivity contribution is 5.30. The van der Waals surface area contributed by atoms with Crippen LogP contribution in [0.4, 0.5) is 0 Å². The molecule has 0 radical (unpaired) electrons. The van der Waals surface area contributed by atoms with Gasteiger partial charge in [-0.3, -0.25) is 4.98 Å². The van der Waals surface area contributed by atoms with E-state index in [0.29, 0.717) is 0 Å². The summed E-state index contributed by atoms with van der Waals surface area (Å²) in [5.41, 5.74) is 8.83. The van der Waals surface area contributed by atoms with Crippen molar-refractivity contribution in [2.75, 3.05) is 0 Å². The molecule has 5 heteroatoms. The van der Waals surface area contributed by atoms with E-state index in [0.717, 1.165) is 29.8 Å². The van der Waals surface area contributed by atoms with Crippen molar-refractivity contribution >= 4 is 0 Å². The molecule has 2 N–H and O–H groups in total. The van der Waals surface area contributed by atoms with Crippen molar-refractivity contribution in [3.05, 3.63) is 35.9 Å². The van der Waals surface area contributed by atoms with Crippen LogP contribution < -0.4 is 5.73 Å². The zero-order chi connectivity index (χ0) is 12.3. The van der Waals surface area contributed by atoms with E-state index in [1.807, 2.05) is 25.4 Å². The summed E-state index contributed by atoms with van der Waals surface area (Å²) < 4.78 is 1.71. The van der Waals surface area contributed by atoms with Crippen LogP contribution in [0.5, 0.6) is 0 Å². The summed E-state index contributed by atoms with van der Waals surface area (Å²) >= 11 is 0. The fourth-order valence-corrected chi connectivity index (χ4v) is 1.70. The molecule has 2 aromatic heterocycles. The Morgan fingerprint density at radius 3 is 2.94 bits per heavy atom. The van der Waals surface area contributed by atoms with E-state index in [2.05, 4.69) is 22.2 Å². The number of aromatic nitrogens is 4. The molecule has 17 heavy (non-hydrogen) atoms. The summed E-state index contributed by atoms with van der Waals surface area (Å²) in [5.74, 6) is 0. The normalized spacial score (nSPS) is 12.6. The van der Waals surface area contributed by atoms with Crippen molar-refractivity contribution in [2.45, 2.75) is 32.7 Å². The van der Waals surface area contributed by atoms with Crippen LogP contribution in [0.25, 0.3) is 5.69 Å². The fourth-order valence-electron chi connectivity index (χ4n) is 1.70. The molecule has 2 aromatic rings. The minimum atomic E-state index is -0.0356. The van der Waals surface area contributed by atoms with Crippen molar-refractivity contribution in [3.8, 4) is 5.69 Å². The predicted octanol–water partition coefficient (Wildman–Crippen LogP) is 1.77. The number of pyridine rings is 1. The monoisotopic (exact) mass is 231 g/mol. The second kappa shape index (κ2) is 5.05. The minimum absolute atomic E-state index is 0.0356. The van der Waals surface area contributed by atoms with Crippen molar-refractivity contribution in [3.63, 3.8) is 0 Å². The zero-order valence-corrected chi connectivity index (χ0v) is 10.2. The molecule has 0 spiro atoms. The molecule has 0 saturated carbocycles. The van der Waals surface area contributed by atoms with Crippen LogP contribution in [0.2, 0.25) is 0 Å². The van der Waals surface area contributed by atoms with Gasteiger partial charge in [0.25, 0.3) is 0 Å². The Morgan fingerprint density at radius 1 is 1.41 bits per heavy atom. The number of hydrogen-bond donors (Lipinski definition) is 1. The van der Waals surface area contributed by atoms with Crippen LogP contribution in [0.15, 0.2) is 24.7 Å². The van der Waals surface area contributed by atoms with Gasteiger partial charge in [-0.1, -0.05) is 18.6 Å². The third kappa shape index (κ3) is 2.68. The highest BCUT2D eigenvalue weighted by Crippen LogP contribution is 2.14. The predicted molar refractivity (Wildman–Crippen MR) is 65.7 cm³/mol. The molecule has 0 bridgehead atoms. The first kappa shape index (κ1) is 11.7. The van der Waals surface area contributed by atoms with Gasteiger partial charge < -0.3 is 5.73 Å². The van der Waals surface area contributed by atoms with Gasteiger partial charge in [-0.05, 0) is 25.0 Å². The Balaban J connectivity index is 2.23. The van der Waals surface area contributed by atoms with E-state index in [9.17, 15) is 0 Å². The molecule has 1 unspecified atom stereocenters. The van der Waals surface area contributed by atoms with E-state index in [-0.39, 0.29) is 6.04 Å². The molecule has 1 atom stereocenters. The lowest BCUT2D eigenvalue weighted by Crippen LogP contribution is -2.10. The summed E-state index contributed by atoms with van der Waals surface area (Å²) in [6.07, 6.45) is 7.41. The lowest BCUT2D eigenvalue weighted by molar-refractivity contribution is 0.619. The van der Waals surface area contributed by atoms with Gasteiger partial charge in [-0.2, -0.15) is 0 Å². The molecule has 5 nitrogen and oxygen atoms in total. The molecule has 2 rings (SSSR count). The maximum absolute atomic E-state index is 6.00. The van der Waals surface area contributed by atoms with E-state index in [1.165, 1.54) is 0 Å². The highest BCUT2D eigenvalue weighted by atomic mass is 15.4. The van der Waals surface area contributed by atoms with E-state index < -0.39 is 0 Å². The summed E-state index contributed by atoms with van der Waals surface area (Å²) in [6, 6.07) is 1.98. The molecule has 0 amide bonds. The molecule has 90 valence electrons. The SMILES string of the molecule is CCCC(N)c1cn(-c2cncc(C)c2)nn1. The average Bonchev–Trinajstić information content (AvgIpc) is 2.78. The first-order valence-electron chi connectivity index (χ1n) is 5.80. The van der Waals surface area contributed by atoms with Gasteiger partial charge in [-0.15, -0.1) is 5.10 Å². The zero-order valence-electron chi connectivity index (χ0n) is 10.2. The summed E-state index contributed by atoms with van der Waals surface area (Å²) in [6.45, 7) is 4.10. The van der Waals surface area contributed by atoms with Gasteiger partial charge in [0.1, 0.15) is 0 Å². The second-order valence-corrected chi connectivity index (χ2v) is 4.20. The Labute approximate surface area is 101 Å². The standard InChI is InChI=1S/C12H17N5/c1-3-4-11(13)12-8-17(16-15-12)10-5-9(2)6-14-7-10/h5-8,11H,3-4,13H2,1-2H3. The van der Waals surface area contributed by atoms with Gasteiger partial charge in [0.05, 0.1) is 29.8 Å². The maximum Gasteiger partial charge on any atom is 0.0998 e. The Morgan fingerprint density at radius 2 is 2.24 bits per heavy atom. The van der Waals surface area contributed by atoms with Gasteiger partial charge in [-0.25, -0.2) is 4.68 Å². The quantitative estimate of drug-likeness (QED) is 0.870. The third-order valence-corrected chi connectivity index (χ3v) is 2.62. The van der Waals surface area contributed by atoms with Crippen LogP contribution >= 0.6 is 0 Å². The highest BCUT2D eigenvalue weighted by Gasteiger charge is 2.10. The molecule has 0 fully saturated rings. The first-order valence-corrected chi connectivity index (χ1v) is 5.80. The van der Waals surface area contributed by atoms with Crippen LogP contribution in [0.1, 0.15) is 37.1 Å². The molecule has 0 aliphatic heterocycles. The molecule has 0 aliphatic rings. The van der Waals surface area contributed by atoms with Crippen LogP contribution in [0, 0.1) is 6.92 Å². The molecule has 0 aliphatic carbocycles. The third-order valence-electron chi connectivity index (χ3n) is 2.62. The second-order valence-electron chi connectivity index (χ2n) is 4.20. The Hall–Kier alpha value is -1.75. The topological polar surface area (TPSA) is 69.6 Å². The first-order chi connectivity index (χ1) is 8.20. The van der Waals surface area contributed by atoms with E-state index in [4.69, 9.17) is 5.73 Å². The van der Waals surface area contributed by atoms with Crippen LogP contribution in [-0.4, -0.2) is 20.0 Å². The fraction of sp³-hybridized carbons (Fsp3) is 0.417. The van der Waals surface area contributed by atoms with Gasteiger partial charge >= 0.3 is 0 Å². The number of rotatable bonds is 4. The molecular weight excluding hydrogens is 214 g/mol. The summed E-state index contributed by atoms with van der Waals surface area (Å²) in [4.78, 5) is 4.13. The van der Waals surface area contributed by atoms with Gasteiger partial charge in [0, 0.05) is 6.20 Å². The summed E-state index contributed by atoms with van der Waals surface area (Å²) in [7, 11) is 0. The average molecular weight is 231 g/mol. The molecule has 0 saturated heterocycles. The Kier molecular flexibility index (Phi) is 3.49. The minimum Gasteiger partial charge on any atom is -0.323 e. The molecule has 0 aromatic carbocycles. The number of nitrogens with two attached hydrogens (primary N) is 1. The molecule has 2 heterocycles.